The Balaban J connectivity index is 0.000000462. The second-order valence-electron chi connectivity index (χ2n) is 8.64. The van der Waals surface area contributed by atoms with Crippen LogP contribution in [0.2, 0.25) is 78.6 Å². The first kappa shape index (κ1) is 26.3. The average Bonchev–Trinajstić information content (AvgIpc) is 2.18. The molecule has 0 aromatic rings. The van der Waals surface area contributed by atoms with Crippen LogP contribution in [0.3, 0.4) is 0 Å². The zero-order valence-corrected chi connectivity index (χ0v) is 25.9. The lowest BCUT2D eigenvalue weighted by atomic mass is 11.8. The first-order valence-corrected chi connectivity index (χ1v) is 27.0. The largest absolute Gasteiger partial charge is 0.437 e. The molecule has 25 heavy (non-hydrogen) atoms. The van der Waals surface area contributed by atoms with Crippen molar-refractivity contribution < 1.29 is 24.7 Å². The van der Waals surface area contributed by atoms with E-state index in [-0.39, 0.29) is 0 Å². The minimum Gasteiger partial charge on any atom is -0.437 e. The molecule has 1 rings (SSSR count). The third kappa shape index (κ3) is 16.0. The topological polar surface area (TPSA) is 55.4 Å². The molecule has 13 heteroatoms. The van der Waals surface area contributed by atoms with Crippen LogP contribution in [0.5, 0.6) is 0 Å². The maximum Gasteiger partial charge on any atom is 0.311 e. The van der Waals surface area contributed by atoms with E-state index in [9.17, 15) is 0 Å². The van der Waals surface area contributed by atoms with Crippen LogP contribution in [-0.2, 0) is 24.7 Å². The van der Waals surface area contributed by atoms with Gasteiger partial charge in [0.2, 0.25) is 0 Å². The molecule has 0 amide bonds. The lowest BCUT2D eigenvalue weighted by molar-refractivity contribution is 0.295. The van der Waals surface area contributed by atoms with Crippen molar-refractivity contribution >= 4 is 62.3 Å². The van der Waals surface area contributed by atoms with Crippen LogP contribution in [0.25, 0.3) is 0 Å². The highest BCUT2D eigenvalue weighted by Crippen LogP contribution is 2.19. The highest BCUT2D eigenvalue weighted by molar-refractivity contribution is 6.87. The molecule has 0 atom stereocenters. The van der Waals surface area contributed by atoms with E-state index >= 15 is 0 Å². The van der Waals surface area contributed by atoms with E-state index in [0.29, 0.717) is 0 Å². The van der Waals surface area contributed by atoms with Crippen molar-refractivity contribution in [1.82, 2.24) is 0 Å². The summed E-state index contributed by atoms with van der Waals surface area (Å²) in [5.41, 5.74) is 0. The van der Waals surface area contributed by atoms with Crippen LogP contribution in [-0.4, -0.2) is 62.3 Å². The number of hydrogen-bond donors (Lipinski definition) is 0. The average molecular weight is 477 g/mol. The number of hydrogen-bond acceptors (Lipinski definition) is 6. The molecule has 0 unspecified atom stereocenters. The molecule has 0 N–H and O–H groups in total. The maximum atomic E-state index is 6.09. The molecular weight excluding hydrogens is 437 g/mol. The van der Waals surface area contributed by atoms with Gasteiger partial charge in [-0.2, -0.15) is 0 Å². The van der Waals surface area contributed by atoms with E-state index in [2.05, 4.69) is 52.4 Å². The Hall–Kier alpha value is 1.28. The minimum absolute atomic E-state index is 1.42. The van der Waals surface area contributed by atoms with E-state index in [0.717, 1.165) is 0 Å². The zero-order chi connectivity index (χ0) is 20.1. The fourth-order valence-corrected chi connectivity index (χ4v) is 27.0. The fraction of sp³-hybridized carbons (Fsp3) is 1.00. The van der Waals surface area contributed by atoms with Gasteiger partial charge in [0.1, 0.15) is 0 Å². The molecule has 0 aromatic carbocycles. The molecule has 0 radical (unpaired) electrons. The van der Waals surface area contributed by atoms with Gasteiger partial charge in [-0.1, -0.05) is 0 Å². The molecule has 0 saturated carbocycles. The summed E-state index contributed by atoms with van der Waals surface area (Å²) >= 11 is 0. The quantitative estimate of drug-likeness (QED) is 0.581. The van der Waals surface area contributed by atoms with Crippen LogP contribution >= 0.6 is 0 Å². The summed E-state index contributed by atoms with van der Waals surface area (Å²) in [4.78, 5) is 0. The zero-order valence-electron chi connectivity index (χ0n) is 18.3. The molecule has 1 aliphatic rings. The Kier molecular flexibility index (Phi) is 11.3. The predicted molar refractivity (Wildman–Crippen MR) is 123 cm³/mol. The van der Waals surface area contributed by atoms with Gasteiger partial charge in [-0.15, -0.1) is 0 Å². The van der Waals surface area contributed by atoms with E-state index in [4.69, 9.17) is 24.7 Å². The van der Waals surface area contributed by atoms with Gasteiger partial charge in [0.05, 0.1) is 0 Å². The Morgan fingerprint density at radius 1 is 0.480 bits per heavy atom. The standard InChI is InChI=1S/C8H24O2Si3.C4H16O4Si4/c1-11(2,3)9-13(7,8)10-12(4,5)6;1-9-5-10(2)7-12(4)8-11(3)6-9/h1-8H3;9-12H,1-4H3. The maximum absolute atomic E-state index is 6.09. The second-order valence-corrected chi connectivity index (χ2v) is 30.4. The van der Waals surface area contributed by atoms with Gasteiger partial charge < -0.3 is 24.7 Å². The van der Waals surface area contributed by atoms with Crippen molar-refractivity contribution in [2.75, 3.05) is 0 Å². The van der Waals surface area contributed by atoms with Gasteiger partial charge in [-0.05, 0) is 78.6 Å². The molecule has 1 fully saturated rings. The lowest BCUT2D eigenvalue weighted by Gasteiger charge is -2.35. The smallest absolute Gasteiger partial charge is 0.311 e. The normalized spacial score (nSPS) is 29.3. The first-order chi connectivity index (χ1) is 11.0. The Morgan fingerprint density at radius 2 is 0.680 bits per heavy atom. The molecule has 0 aliphatic carbocycles. The molecule has 0 aromatic heterocycles. The lowest BCUT2D eigenvalue weighted by Crippen LogP contribution is -2.50. The van der Waals surface area contributed by atoms with Gasteiger partial charge in [-0.25, -0.2) is 0 Å². The predicted octanol–water partition coefficient (Wildman–Crippen LogP) is 2.86. The van der Waals surface area contributed by atoms with Crippen molar-refractivity contribution in [1.29, 1.82) is 0 Å². The highest BCUT2D eigenvalue weighted by Gasteiger charge is 2.35. The van der Waals surface area contributed by atoms with Crippen LogP contribution in [0.4, 0.5) is 0 Å². The summed E-state index contributed by atoms with van der Waals surface area (Å²) in [6.07, 6.45) is 0. The van der Waals surface area contributed by atoms with Crippen molar-refractivity contribution in [2.45, 2.75) is 78.6 Å². The summed E-state index contributed by atoms with van der Waals surface area (Å²) in [6, 6.07) is 0. The molecule has 0 bridgehead atoms. The summed E-state index contributed by atoms with van der Waals surface area (Å²) in [5, 5.41) is 0. The van der Waals surface area contributed by atoms with Crippen LogP contribution in [0, 0.1) is 0 Å². The number of rotatable bonds is 4. The van der Waals surface area contributed by atoms with Gasteiger partial charge in [0, 0.05) is 0 Å². The molecule has 0 spiro atoms. The Labute approximate surface area is 165 Å². The molecule has 1 heterocycles. The third-order valence-corrected chi connectivity index (χ3v) is 23.7. The summed E-state index contributed by atoms with van der Waals surface area (Å²) in [7, 11) is -10.4. The van der Waals surface area contributed by atoms with E-state index < -0.39 is 62.3 Å². The second kappa shape index (κ2) is 10.7. The molecule has 1 aliphatic heterocycles. The van der Waals surface area contributed by atoms with Crippen molar-refractivity contribution in [3.8, 4) is 0 Å². The molecule has 152 valence electrons. The van der Waals surface area contributed by atoms with Crippen molar-refractivity contribution in [2.24, 2.45) is 0 Å². The van der Waals surface area contributed by atoms with Gasteiger partial charge in [-0.3, -0.25) is 0 Å². The molecule has 1 saturated heterocycles. The molecular formula is C12H40O6Si7. The summed E-state index contributed by atoms with van der Waals surface area (Å²) in [5.74, 6) is 0. The van der Waals surface area contributed by atoms with E-state index in [1.54, 1.807) is 0 Å². The third-order valence-electron chi connectivity index (χ3n) is 2.64. The Bertz CT molecular complexity index is 329. The van der Waals surface area contributed by atoms with Gasteiger partial charge in [0.15, 0.2) is 16.6 Å². The summed E-state index contributed by atoms with van der Waals surface area (Å²) < 4.78 is 34.8. The molecule has 6 nitrogen and oxygen atoms in total. The SMILES string of the molecule is C[SiH]1O[SiH](C)O[SiH](C)O[SiH](C)O1.C[Si](C)(C)O[Si](C)(C)O[Si](C)(C)C. The Morgan fingerprint density at radius 3 is 0.840 bits per heavy atom. The fourth-order valence-electron chi connectivity index (χ4n) is 2.70. The van der Waals surface area contributed by atoms with Gasteiger partial charge >= 0.3 is 8.56 Å². The minimum atomic E-state index is -1.85. The first-order valence-electron chi connectivity index (χ1n) is 9.01. The van der Waals surface area contributed by atoms with Crippen molar-refractivity contribution in [3.63, 3.8) is 0 Å². The monoisotopic (exact) mass is 476 g/mol. The van der Waals surface area contributed by atoms with E-state index in [1.807, 2.05) is 26.2 Å². The van der Waals surface area contributed by atoms with Gasteiger partial charge in [0.25, 0.3) is 37.1 Å². The van der Waals surface area contributed by atoms with Crippen molar-refractivity contribution in [3.05, 3.63) is 0 Å². The van der Waals surface area contributed by atoms with E-state index in [1.165, 1.54) is 0 Å². The van der Waals surface area contributed by atoms with Crippen LogP contribution < -0.4 is 0 Å². The van der Waals surface area contributed by atoms with Crippen LogP contribution in [0.15, 0.2) is 0 Å². The van der Waals surface area contributed by atoms with Crippen LogP contribution in [0.1, 0.15) is 0 Å². The highest BCUT2D eigenvalue weighted by atomic mass is 28.5. The summed E-state index contributed by atoms with van der Waals surface area (Å²) in [6.45, 7) is 25.8.